The number of benzene rings is 2. The van der Waals surface area contributed by atoms with Crippen molar-refractivity contribution in [3.05, 3.63) is 58.7 Å². The third-order valence-electron chi connectivity index (χ3n) is 5.48. The molecule has 0 aliphatic heterocycles. The second kappa shape index (κ2) is 8.98. The van der Waals surface area contributed by atoms with Crippen LogP contribution in [0.4, 0.5) is 0 Å². The van der Waals surface area contributed by atoms with Crippen molar-refractivity contribution in [2.24, 2.45) is 0 Å². The van der Waals surface area contributed by atoms with Crippen LogP contribution in [-0.2, 0) is 22.7 Å². The molecule has 162 valence electrons. The Morgan fingerprint density at radius 3 is 2.74 bits per heavy atom. The van der Waals surface area contributed by atoms with Gasteiger partial charge in [0.25, 0.3) is 0 Å². The van der Waals surface area contributed by atoms with Crippen LogP contribution >= 0.6 is 11.6 Å². The van der Waals surface area contributed by atoms with Crippen molar-refractivity contribution >= 4 is 34.3 Å². The number of rotatable bonds is 8. The molecule has 2 aromatic carbocycles. The molecule has 4 rings (SSSR count). The van der Waals surface area contributed by atoms with Crippen molar-refractivity contribution < 1.29 is 14.3 Å². The first-order chi connectivity index (χ1) is 15.0. The van der Waals surface area contributed by atoms with Gasteiger partial charge in [-0.1, -0.05) is 41.9 Å². The Morgan fingerprint density at radius 2 is 2.00 bits per heavy atom. The number of fused-ring (bicyclic) bond motifs is 1. The van der Waals surface area contributed by atoms with Gasteiger partial charge >= 0.3 is 0 Å². The minimum Gasteiger partial charge on any atom is -0.495 e. The normalized spacial score (nSPS) is 13.3. The Kier molecular flexibility index (Phi) is 6.13. The van der Waals surface area contributed by atoms with Crippen molar-refractivity contribution in [2.45, 2.75) is 38.9 Å². The molecular formula is C23H25ClN4O3. The zero-order valence-electron chi connectivity index (χ0n) is 17.6. The maximum Gasteiger partial charge on any atom is 0.245 e. The van der Waals surface area contributed by atoms with Gasteiger partial charge in [0.1, 0.15) is 12.3 Å². The van der Waals surface area contributed by atoms with Gasteiger partial charge in [-0.05, 0) is 31.9 Å². The molecule has 0 unspecified atom stereocenters. The van der Waals surface area contributed by atoms with E-state index < -0.39 is 0 Å². The van der Waals surface area contributed by atoms with E-state index in [2.05, 4.69) is 10.4 Å². The predicted octanol–water partition coefficient (Wildman–Crippen LogP) is 3.31. The Balaban J connectivity index is 1.41. The van der Waals surface area contributed by atoms with Crippen LogP contribution in [0.2, 0.25) is 5.02 Å². The molecule has 7 nitrogen and oxygen atoms in total. The maximum absolute atomic E-state index is 13.0. The van der Waals surface area contributed by atoms with Gasteiger partial charge in [-0.3, -0.25) is 14.3 Å². The zero-order valence-corrected chi connectivity index (χ0v) is 18.4. The number of halogens is 1. The number of aromatic nitrogens is 2. The molecule has 0 saturated heterocycles. The summed E-state index contributed by atoms with van der Waals surface area (Å²) >= 11 is 6.14. The Labute approximate surface area is 185 Å². The van der Waals surface area contributed by atoms with Crippen molar-refractivity contribution in [3.8, 4) is 5.75 Å². The van der Waals surface area contributed by atoms with Crippen molar-refractivity contribution in [1.82, 2.24) is 20.0 Å². The van der Waals surface area contributed by atoms with Crippen molar-refractivity contribution in [2.75, 3.05) is 13.7 Å². The first-order valence-corrected chi connectivity index (χ1v) is 10.7. The van der Waals surface area contributed by atoms with E-state index in [1.165, 1.54) is 0 Å². The third-order valence-corrected chi connectivity index (χ3v) is 5.78. The van der Waals surface area contributed by atoms with E-state index in [0.29, 0.717) is 10.8 Å². The summed E-state index contributed by atoms with van der Waals surface area (Å²) in [6.07, 6.45) is 1.83. The highest BCUT2D eigenvalue weighted by Gasteiger charge is 2.34. The average Bonchev–Trinajstić information content (AvgIpc) is 3.55. The smallest absolute Gasteiger partial charge is 0.245 e. The summed E-state index contributed by atoms with van der Waals surface area (Å²) in [7, 11) is 1.54. The zero-order chi connectivity index (χ0) is 22.0. The number of carbonyl (C=O) groups excluding carboxylic acids is 2. The summed E-state index contributed by atoms with van der Waals surface area (Å²) in [5.41, 5.74) is 2.59. The Hall–Kier alpha value is -3.06. The summed E-state index contributed by atoms with van der Waals surface area (Å²) in [5, 5.41) is 8.91. The molecule has 0 radical (unpaired) electrons. The highest BCUT2D eigenvalue weighted by Crippen LogP contribution is 2.29. The molecule has 1 saturated carbocycles. The molecule has 0 atom stereocenters. The van der Waals surface area contributed by atoms with E-state index in [4.69, 9.17) is 16.3 Å². The average molecular weight is 441 g/mol. The third kappa shape index (κ3) is 4.66. The second-order valence-electron chi connectivity index (χ2n) is 7.72. The van der Waals surface area contributed by atoms with E-state index >= 15 is 0 Å². The summed E-state index contributed by atoms with van der Waals surface area (Å²) in [6.45, 7) is 2.34. The molecule has 1 heterocycles. The lowest BCUT2D eigenvalue weighted by molar-refractivity contribution is -0.137. The lowest BCUT2D eigenvalue weighted by Gasteiger charge is -2.22. The fourth-order valence-corrected chi connectivity index (χ4v) is 4.04. The second-order valence-corrected chi connectivity index (χ2v) is 8.13. The van der Waals surface area contributed by atoms with Crippen LogP contribution < -0.4 is 10.1 Å². The number of aryl methyl sites for hydroxylation is 1. The van der Waals surface area contributed by atoms with Crippen LogP contribution in [-0.4, -0.2) is 46.2 Å². The summed E-state index contributed by atoms with van der Waals surface area (Å²) in [6, 6.07) is 13.3. The molecule has 2 amide bonds. The molecule has 0 bridgehead atoms. The number of nitrogens with one attached hydrogen (secondary N) is 1. The lowest BCUT2D eigenvalue weighted by atomic mass is 10.2. The largest absolute Gasteiger partial charge is 0.495 e. The summed E-state index contributed by atoms with van der Waals surface area (Å²) < 4.78 is 7.04. The maximum atomic E-state index is 13.0. The van der Waals surface area contributed by atoms with Crippen molar-refractivity contribution in [1.29, 1.82) is 0 Å². The van der Waals surface area contributed by atoms with Gasteiger partial charge in [0.2, 0.25) is 11.8 Å². The predicted molar refractivity (Wildman–Crippen MR) is 119 cm³/mol. The molecule has 1 aliphatic rings. The minimum absolute atomic E-state index is 0.0184. The van der Waals surface area contributed by atoms with Gasteiger partial charge in [0, 0.05) is 23.5 Å². The van der Waals surface area contributed by atoms with E-state index in [0.717, 1.165) is 35.0 Å². The fraction of sp³-hybridized carbons (Fsp3) is 0.348. The SMILES string of the molecule is COc1c(Cl)cccc1CNC(=O)CN(C(=O)Cn1nc(C)c2ccccc21)C1CC1. The van der Waals surface area contributed by atoms with Crippen LogP contribution in [0.5, 0.6) is 5.75 Å². The molecular weight excluding hydrogens is 416 g/mol. The first-order valence-electron chi connectivity index (χ1n) is 10.3. The molecule has 1 N–H and O–H groups in total. The van der Waals surface area contributed by atoms with E-state index in [1.807, 2.05) is 43.3 Å². The van der Waals surface area contributed by atoms with Gasteiger partial charge in [0.15, 0.2) is 0 Å². The fourth-order valence-electron chi connectivity index (χ4n) is 3.77. The Morgan fingerprint density at radius 1 is 1.23 bits per heavy atom. The lowest BCUT2D eigenvalue weighted by Crippen LogP contribution is -2.43. The molecule has 3 aromatic rings. The molecule has 0 spiro atoms. The highest BCUT2D eigenvalue weighted by atomic mass is 35.5. The number of hydrogen-bond donors (Lipinski definition) is 1. The molecule has 1 aliphatic carbocycles. The summed E-state index contributed by atoms with van der Waals surface area (Å²) in [5.74, 6) is 0.218. The molecule has 1 aromatic heterocycles. The van der Waals surface area contributed by atoms with E-state index in [9.17, 15) is 9.59 Å². The van der Waals surface area contributed by atoms with Gasteiger partial charge in [-0.2, -0.15) is 5.10 Å². The van der Waals surface area contributed by atoms with E-state index in [-0.39, 0.29) is 37.5 Å². The van der Waals surface area contributed by atoms with Crippen LogP contribution in [0.1, 0.15) is 24.1 Å². The van der Waals surface area contributed by atoms with Gasteiger partial charge in [0.05, 0.1) is 29.9 Å². The first kappa shape index (κ1) is 21.2. The number of hydrogen-bond acceptors (Lipinski definition) is 4. The number of para-hydroxylation sites is 2. The number of nitrogens with zero attached hydrogens (tertiary/aromatic N) is 3. The minimum atomic E-state index is -0.219. The topological polar surface area (TPSA) is 76.5 Å². The van der Waals surface area contributed by atoms with Gasteiger partial charge in [-0.25, -0.2) is 0 Å². The number of methoxy groups -OCH3 is 1. The van der Waals surface area contributed by atoms with Gasteiger partial charge < -0.3 is 15.0 Å². The van der Waals surface area contributed by atoms with Crippen LogP contribution in [0.3, 0.4) is 0 Å². The number of ether oxygens (including phenoxy) is 1. The van der Waals surface area contributed by atoms with Crippen LogP contribution in [0.25, 0.3) is 10.9 Å². The van der Waals surface area contributed by atoms with E-state index in [1.54, 1.807) is 22.8 Å². The van der Waals surface area contributed by atoms with Crippen LogP contribution in [0, 0.1) is 6.92 Å². The van der Waals surface area contributed by atoms with Crippen LogP contribution in [0.15, 0.2) is 42.5 Å². The van der Waals surface area contributed by atoms with Crippen molar-refractivity contribution in [3.63, 3.8) is 0 Å². The summed E-state index contributed by atoms with van der Waals surface area (Å²) in [4.78, 5) is 27.3. The molecule has 8 heteroatoms. The standard InChI is InChI=1S/C23H25ClN4O3/c1-15-18-7-3-4-9-20(18)28(26-15)14-22(30)27(17-10-11-17)13-21(29)25-12-16-6-5-8-19(24)23(16)31-2/h3-9,17H,10-14H2,1-2H3,(H,25,29). The monoisotopic (exact) mass is 440 g/mol. The Bertz CT molecular complexity index is 1120. The van der Waals surface area contributed by atoms with Gasteiger partial charge in [-0.15, -0.1) is 0 Å². The highest BCUT2D eigenvalue weighted by molar-refractivity contribution is 6.32. The number of amides is 2. The molecule has 31 heavy (non-hydrogen) atoms. The quantitative estimate of drug-likeness (QED) is 0.583. The number of carbonyl (C=O) groups is 2. The molecule has 1 fully saturated rings.